The number of carbonyl (C=O) groups excluding carboxylic acids is 2. The van der Waals surface area contributed by atoms with E-state index in [0.717, 1.165) is 10.0 Å². The number of Topliss-reactive ketones (excluding diaryl/α,β-unsaturated/α-hetero) is 1. The van der Waals surface area contributed by atoms with Crippen molar-refractivity contribution in [3.63, 3.8) is 0 Å². The minimum absolute atomic E-state index is 0.0730. The number of fused-ring (bicyclic) bond motifs is 1. The molecule has 1 unspecified atom stereocenters. The molecule has 0 aliphatic carbocycles. The average Bonchev–Trinajstić information content (AvgIpc) is 3.05. The third-order valence-corrected chi connectivity index (χ3v) is 5.51. The van der Waals surface area contributed by atoms with Crippen molar-refractivity contribution in [1.82, 2.24) is 4.98 Å². The summed E-state index contributed by atoms with van der Waals surface area (Å²) < 4.78 is 16.5. The van der Waals surface area contributed by atoms with Crippen LogP contribution < -0.4 is 5.32 Å². The number of alkyl halides is 1. The van der Waals surface area contributed by atoms with Gasteiger partial charge in [-0.2, -0.15) is 0 Å². The topological polar surface area (TPSA) is 59.1 Å². The Hall–Kier alpha value is -2.38. The smallest absolute Gasteiger partial charge is 0.277 e. The second kappa shape index (κ2) is 5.86. The summed E-state index contributed by atoms with van der Waals surface area (Å²) in [6.45, 7) is 0. The minimum atomic E-state index is -2.79. The van der Waals surface area contributed by atoms with Crippen LogP contribution >= 0.6 is 27.3 Å². The highest BCUT2D eigenvalue weighted by atomic mass is 79.9. The Labute approximate surface area is 154 Å². The van der Waals surface area contributed by atoms with Crippen LogP contribution in [0.2, 0.25) is 0 Å². The van der Waals surface area contributed by atoms with Gasteiger partial charge in [0.05, 0.1) is 5.56 Å². The van der Waals surface area contributed by atoms with Gasteiger partial charge in [-0.1, -0.05) is 34.1 Å². The maximum Gasteiger partial charge on any atom is 0.277 e. The van der Waals surface area contributed by atoms with Crippen molar-refractivity contribution in [2.45, 2.75) is 5.67 Å². The first-order valence-corrected chi connectivity index (χ1v) is 9.02. The van der Waals surface area contributed by atoms with E-state index in [9.17, 15) is 9.59 Å². The molecule has 0 saturated carbocycles. The Morgan fingerprint density at radius 3 is 2.60 bits per heavy atom. The SMILES string of the molecule is O=C1Nc2scc(-c3ccc(Br)cc3)c2C(=O)C1(F)c1cccnc1. The molecule has 1 amide bonds. The van der Waals surface area contributed by atoms with Gasteiger partial charge in [0.25, 0.3) is 11.6 Å². The number of aromatic nitrogens is 1. The molecule has 25 heavy (non-hydrogen) atoms. The average molecular weight is 417 g/mol. The van der Waals surface area contributed by atoms with Gasteiger partial charge in [0.15, 0.2) is 0 Å². The number of thiophene rings is 1. The highest BCUT2D eigenvalue weighted by molar-refractivity contribution is 9.10. The van der Waals surface area contributed by atoms with Crippen molar-refractivity contribution in [2.75, 3.05) is 5.32 Å². The monoisotopic (exact) mass is 416 g/mol. The second-order valence-corrected chi connectivity index (χ2v) is 7.34. The van der Waals surface area contributed by atoms with Crippen LogP contribution in [0.4, 0.5) is 9.39 Å². The van der Waals surface area contributed by atoms with Gasteiger partial charge in [-0.15, -0.1) is 11.3 Å². The summed E-state index contributed by atoms with van der Waals surface area (Å²) in [5.41, 5.74) is -1.29. The van der Waals surface area contributed by atoms with E-state index in [1.165, 1.54) is 35.9 Å². The predicted octanol–water partition coefficient (Wildman–Crippen LogP) is 4.57. The zero-order valence-electron chi connectivity index (χ0n) is 12.6. The summed E-state index contributed by atoms with van der Waals surface area (Å²) in [4.78, 5) is 29.2. The molecule has 1 aromatic carbocycles. The van der Waals surface area contributed by atoms with Crippen molar-refractivity contribution >= 4 is 44.0 Å². The van der Waals surface area contributed by atoms with Crippen molar-refractivity contribution in [3.8, 4) is 11.1 Å². The molecule has 3 aromatic rings. The Kier molecular flexibility index (Phi) is 3.77. The maximum atomic E-state index is 15.6. The third kappa shape index (κ3) is 2.42. The summed E-state index contributed by atoms with van der Waals surface area (Å²) in [7, 11) is 0. The first-order valence-electron chi connectivity index (χ1n) is 7.35. The van der Waals surface area contributed by atoms with Crippen molar-refractivity contribution in [3.05, 3.63) is 69.8 Å². The van der Waals surface area contributed by atoms with E-state index in [2.05, 4.69) is 26.2 Å². The van der Waals surface area contributed by atoms with E-state index >= 15 is 4.39 Å². The van der Waals surface area contributed by atoms with E-state index in [4.69, 9.17) is 0 Å². The molecule has 124 valence electrons. The van der Waals surface area contributed by atoms with Crippen molar-refractivity contribution < 1.29 is 14.0 Å². The van der Waals surface area contributed by atoms with Gasteiger partial charge in [-0.05, 0) is 23.8 Å². The number of pyridine rings is 1. The zero-order chi connectivity index (χ0) is 17.6. The Balaban J connectivity index is 1.88. The standard InChI is InChI=1S/C18H10BrFN2O2S/c19-12-5-3-10(4-6-12)13-9-25-16-14(13)15(23)18(20,17(24)22-16)11-2-1-7-21-8-11/h1-9H,(H,22,24). The molecular weight excluding hydrogens is 407 g/mol. The van der Waals surface area contributed by atoms with Crippen LogP contribution in [0.3, 0.4) is 0 Å². The van der Waals surface area contributed by atoms with Crippen LogP contribution in [0.1, 0.15) is 15.9 Å². The molecule has 7 heteroatoms. The Morgan fingerprint density at radius 2 is 1.92 bits per heavy atom. The van der Waals surface area contributed by atoms with Crippen LogP contribution in [0.5, 0.6) is 0 Å². The molecule has 4 rings (SSSR count). The summed E-state index contributed by atoms with van der Waals surface area (Å²) in [6.07, 6.45) is 2.66. The van der Waals surface area contributed by atoms with Gasteiger partial charge >= 0.3 is 0 Å². The predicted molar refractivity (Wildman–Crippen MR) is 97.4 cm³/mol. The van der Waals surface area contributed by atoms with Gasteiger partial charge in [0, 0.05) is 33.4 Å². The molecule has 4 nitrogen and oxygen atoms in total. The summed E-state index contributed by atoms with van der Waals surface area (Å²) in [5, 5.41) is 4.64. The largest absolute Gasteiger partial charge is 0.314 e. The fourth-order valence-electron chi connectivity index (χ4n) is 2.81. The molecule has 1 N–H and O–H groups in total. The normalized spacial score (nSPS) is 19.4. The number of halogens is 2. The first-order chi connectivity index (χ1) is 12.0. The van der Waals surface area contributed by atoms with E-state index in [1.54, 1.807) is 5.38 Å². The molecule has 1 atom stereocenters. The Morgan fingerprint density at radius 1 is 1.16 bits per heavy atom. The fourth-order valence-corrected chi connectivity index (χ4v) is 4.04. The second-order valence-electron chi connectivity index (χ2n) is 5.54. The maximum absolute atomic E-state index is 15.6. The van der Waals surface area contributed by atoms with Crippen LogP contribution in [0, 0.1) is 0 Å². The number of nitrogens with zero attached hydrogens (tertiary/aromatic N) is 1. The lowest BCUT2D eigenvalue weighted by Gasteiger charge is -2.27. The van der Waals surface area contributed by atoms with Gasteiger partial charge < -0.3 is 5.32 Å². The quantitative estimate of drug-likeness (QED) is 0.622. The number of ketones is 1. The van der Waals surface area contributed by atoms with Gasteiger partial charge in [-0.3, -0.25) is 14.6 Å². The molecule has 1 aliphatic heterocycles. The number of hydrogen-bond donors (Lipinski definition) is 1. The van der Waals surface area contributed by atoms with E-state index in [-0.39, 0.29) is 11.1 Å². The van der Waals surface area contributed by atoms with Crippen molar-refractivity contribution in [2.24, 2.45) is 0 Å². The molecule has 0 saturated heterocycles. The number of amides is 1. The van der Waals surface area contributed by atoms with E-state index < -0.39 is 17.4 Å². The number of benzene rings is 1. The van der Waals surface area contributed by atoms with Crippen LogP contribution in [-0.2, 0) is 10.5 Å². The number of hydrogen-bond acceptors (Lipinski definition) is 4. The lowest BCUT2D eigenvalue weighted by molar-refractivity contribution is -0.125. The molecule has 1 aliphatic rings. The van der Waals surface area contributed by atoms with Gasteiger partial charge in [0.1, 0.15) is 5.00 Å². The molecule has 3 heterocycles. The van der Waals surface area contributed by atoms with E-state index in [0.29, 0.717) is 10.6 Å². The summed E-state index contributed by atoms with van der Waals surface area (Å²) >= 11 is 4.57. The van der Waals surface area contributed by atoms with Crippen LogP contribution in [0.15, 0.2) is 58.6 Å². The molecule has 2 aromatic heterocycles. The summed E-state index contributed by atoms with van der Waals surface area (Å²) in [5.74, 6) is -1.85. The number of rotatable bonds is 2. The first kappa shape index (κ1) is 16.1. The third-order valence-electron chi connectivity index (χ3n) is 4.09. The van der Waals surface area contributed by atoms with Gasteiger partial charge in [0.2, 0.25) is 5.78 Å². The Bertz CT molecular complexity index is 988. The van der Waals surface area contributed by atoms with E-state index in [1.807, 2.05) is 24.3 Å². The number of carbonyl (C=O) groups is 2. The lowest BCUT2D eigenvalue weighted by Crippen LogP contribution is -2.47. The van der Waals surface area contributed by atoms with Gasteiger partial charge in [-0.25, -0.2) is 4.39 Å². The molecule has 0 spiro atoms. The molecule has 0 fully saturated rings. The minimum Gasteiger partial charge on any atom is -0.314 e. The molecule has 0 radical (unpaired) electrons. The molecule has 0 bridgehead atoms. The zero-order valence-corrected chi connectivity index (χ0v) is 15.0. The lowest BCUT2D eigenvalue weighted by atomic mass is 9.83. The van der Waals surface area contributed by atoms with Crippen LogP contribution in [0.25, 0.3) is 11.1 Å². The van der Waals surface area contributed by atoms with Crippen molar-refractivity contribution in [1.29, 1.82) is 0 Å². The summed E-state index contributed by atoms with van der Waals surface area (Å²) in [6, 6.07) is 10.2. The number of anilines is 1. The highest BCUT2D eigenvalue weighted by Gasteiger charge is 2.53. The fraction of sp³-hybridized carbons (Fsp3) is 0.0556. The molecular formula is C18H10BrFN2O2S. The highest BCUT2D eigenvalue weighted by Crippen LogP contribution is 2.45. The number of nitrogens with one attached hydrogen (secondary N) is 1. The van der Waals surface area contributed by atoms with Crippen LogP contribution in [-0.4, -0.2) is 16.7 Å².